The highest BCUT2D eigenvalue weighted by molar-refractivity contribution is 4.73. The van der Waals surface area contributed by atoms with E-state index in [1.54, 1.807) is 0 Å². The summed E-state index contributed by atoms with van der Waals surface area (Å²) in [6.07, 6.45) is 2.49. The fourth-order valence-electron chi connectivity index (χ4n) is 0.863. The Hall–Kier alpha value is -0.120. The molecule has 74 valence electrons. The van der Waals surface area contributed by atoms with E-state index in [2.05, 4.69) is 17.6 Å². The lowest BCUT2D eigenvalue weighted by Crippen LogP contribution is -2.45. The summed E-state index contributed by atoms with van der Waals surface area (Å²) in [4.78, 5) is 0. The number of nitrogens with two attached hydrogens (primary N) is 1. The molecule has 0 aromatic heterocycles. The van der Waals surface area contributed by atoms with Crippen molar-refractivity contribution >= 4 is 0 Å². The van der Waals surface area contributed by atoms with Crippen molar-refractivity contribution < 1.29 is 0 Å². The minimum atomic E-state index is -0.105. The van der Waals surface area contributed by atoms with Gasteiger partial charge in [0.2, 0.25) is 0 Å². The molecule has 12 heavy (non-hydrogen) atoms. The molecule has 3 heteroatoms. The van der Waals surface area contributed by atoms with Gasteiger partial charge in [0.05, 0.1) is 0 Å². The van der Waals surface area contributed by atoms with Crippen LogP contribution in [0.2, 0.25) is 0 Å². The molecule has 0 atom stereocenters. The second kappa shape index (κ2) is 6.40. The first-order chi connectivity index (χ1) is 5.56. The van der Waals surface area contributed by atoms with E-state index < -0.39 is 0 Å². The maximum Gasteiger partial charge on any atom is 0.0454 e. The van der Waals surface area contributed by atoms with E-state index in [9.17, 15) is 0 Å². The lowest BCUT2D eigenvalue weighted by atomic mass is 10.1. The summed E-state index contributed by atoms with van der Waals surface area (Å²) in [5.74, 6) is 0. The monoisotopic (exact) mass is 173 g/mol. The standard InChI is InChI=1S/C9H23N3/c1-4-5-6-11-8-12-7-9(2,3)10/h11-12H,4-8,10H2,1-3H3. The molecular weight excluding hydrogens is 150 g/mol. The van der Waals surface area contributed by atoms with Crippen molar-refractivity contribution in [1.82, 2.24) is 10.6 Å². The SMILES string of the molecule is CCCCNCNCC(C)(C)N. The van der Waals surface area contributed by atoms with Crippen LogP contribution in [0, 0.1) is 0 Å². The molecule has 0 fully saturated rings. The van der Waals surface area contributed by atoms with E-state index >= 15 is 0 Å². The first-order valence-electron chi connectivity index (χ1n) is 4.76. The zero-order chi connectivity index (χ0) is 9.45. The molecule has 0 unspecified atom stereocenters. The van der Waals surface area contributed by atoms with Gasteiger partial charge >= 0.3 is 0 Å². The summed E-state index contributed by atoms with van der Waals surface area (Å²) in [7, 11) is 0. The molecule has 0 spiro atoms. The van der Waals surface area contributed by atoms with Gasteiger partial charge in [-0.3, -0.25) is 0 Å². The average molecular weight is 173 g/mol. The second-order valence-corrected chi connectivity index (χ2v) is 3.95. The Kier molecular flexibility index (Phi) is 6.34. The van der Waals surface area contributed by atoms with Crippen molar-refractivity contribution in [2.45, 2.75) is 39.2 Å². The summed E-state index contributed by atoms with van der Waals surface area (Å²) >= 11 is 0. The Morgan fingerprint density at radius 1 is 1.25 bits per heavy atom. The van der Waals surface area contributed by atoms with Gasteiger partial charge in [-0.15, -0.1) is 0 Å². The molecule has 0 heterocycles. The summed E-state index contributed by atoms with van der Waals surface area (Å²) < 4.78 is 0. The largest absolute Gasteiger partial charge is 0.324 e. The molecule has 0 saturated carbocycles. The summed E-state index contributed by atoms with van der Waals surface area (Å²) in [5, 5.41) is 6.54. The molecule has 0 bridgehead atoms. The predicted octanol–water partition coefficient (Wildman–Crippen LogP) is 0.661. The maximum atomic E-state index is 5.79. The van der Waals surface area contributed by atoms with Gasteiger partial charge in [0, 0.05) is 18.8 Å². The van der Waals surface area contributed by atoms with Crippen LogP contribution in [0.25, 0.3) is 0 Å². The lowest BCUT2D eigenvalue weighted by Gasteiger charge is -2.19. The van der Waals surface area contributed by atoms with Gasteiger partial charge in [-0.1, -0.05) is 13.3 Å². The van der Waals surface area contributed by atoms with E-state index in [1.807, 2.05) is 13.8 Å². The molecule has 0 aliphatic rings. The molecular formula is C9H23N3. The van der Waals surface area contributed by atoms with Gasteiger partial charge < -0.3 is 16.4 Å². The minimum Gasteiger partial charge on any atom is -0.324 e. The van der Waals surface area contributed by atoms with Crippen LogP contribution in [0.15, 0.2) is 0 Å². The Labute approximate surface area is 76.1 Å². The number of nitrogens with one attached hydrogen (secondary N) is 2. The Bertz CT molecular complexity index is 96.4. The molecule has 0 saturated heterocycles. The second-order valence-electron chi connectivity index (χ2n) is 3.95. The fourth-order valence-corrected chi connectivity index (χ4v) is 0.863. The van der Waals surface area contributed by atoms with Crippen molar-refractivity contribution in [2.24, 2.45) is 5.73 Å². The van der Waals surface area contributed by atoms with Crippen molar-refractivity contribution in [3.63, 3.8) is 0 Å². The Morgan fingerprint density at radius 2 is 1.92 bits per heavy atom. The van der Waals surface area contributed by atoms with Gasteiger partial charge in [-0.05, 0) is 26.8 Å². The molecule has 4 N–H and O–H groups in total. The van der Waals surface area contributed by atoms with Gasteiger partial charge in [0.15, 0.2) is 0 Å². The van der Waals surface area contributed by atoms with Crippen molar-refractivity contribution in [3.8, 4) is 0 Å². The van der Waals surface area contributed by atoms with Gasteiger partial charge in [-0.2, -0.15) is 0 Å². The quantitative estimate of drug-likeness (QED) is 0.391. The molecule has 3 nitrogen and oxygen atoms in total. The van der Waals surface area contributed by atoms with Crippen LogP contribution in [0.5, 0.6) is 0 Å². The van der Waals surface area contributed by atoms with Gasteiger partial charge in [0.1, 0.15) is 0 Å². The smallest absolute Gasteiger partial charge is 0.0454 e. The van der Waals surface area contributed by atoms with E-state index in [4.69, 9.17) is 5.73 Å². The summed E-state index contributed by atoms with van der Waals surface area (Å²) in [6.45, 7) is 9.04. The zero-order valence-corrected chi connectivity index (χ0v) is 8.61. The van der Waals surface area contributed by atoms with Crippen LogP contribution < -0.4 is 16.4 Å². The van der Waals surface area contributed by atoms with Crippen LogP contribution >= 0.6 is 0 Å². The van der Waals surface area contributed by atoms with Crippen LogP contribution in [0.3, 0.4) is 0 Å². The number of hydrogen-bond acceptors (Lipinski definition) is 3. The zero-order valence-electron chi connectivity index (χ0n) is 8.61. The Balaban J connectivity index is 3.01. The van der Waals surface area contributed by atoms with Crippen LogP contribution in [-0.4, -0.2) is 25.3 Å². The van der Waals surface area contributed by atoms with E-state index in [0.717, 1.165) is 19.8 Å². The van der Waals surface area contributed by atoms with Crippen molar-refractivity contribution in [2.75, 3.05) is 19.8 Å². The van der Waals surface area contributed by atoms with E-state index in [0.29, 0.717) is 0 Å². The van der Waals surface area contributed by atoms with E-state index in [-0.39, 0.29) is 5.54 Å². The van der Waals surface area contributed by atoms with E-state index in [1.165, 1.54) is 12.8 Å². The summed E-state index contributed by atoms with van der Waals surface area (Å²) in [5.41, 5.74) is 5.68. The molecule has 0 amide bonds. The normalized spacial score (nSPS) is 12.0. The summed E-state index contributed by atoms with van der Waals surface area (Å²) in [6, 6.07) is 0. The Morgan fingerprint density at radius 3 is 2.42 bits per heavy atom. The number of unbranched alkanes of at least 4 members (excludes halogenated alkanes) is 1. The number of hydrogen-bond donors (Lipinski definition) is 3. The van der Waals surface area contributed by atoms with Crippen LogP contribution in [0.4, 0.5) is 0 Å². The highest BCUT2D eigenvalue weighted by Crippen LogP contribution is 1.91. The van der Waals surface area contributed by atoms with Crippen LogP contribution in [-0.2, 0) is 0 Å². The lowest BCUT2D eigenvalue weighted by molar-refractivity contribution is 0.448. The molecule has 0 aliphatic carbocycles. The van der Waals surface area contributed by atoms with Crippen molar-refractivity contribution in [3.05, 3.63) is 0 Å². The fraction of sp³-hybridized carbons (Fsp3) is 1.00. The molecule has 0 aliphatic heterocycles. The van der Waals surface area contributed by atoms with Crippen LogP contribution in [0.1, 0.15) is 33.6 Å². The molecule has 0 rings (SSSR count). The predicted molar refractivity (Wildman–Crippen MR) is 54.0 cm³/mol. The molecule has 0 aromatic rings. The third kappa shape index (κ3) is 9.88. The minimum absolute atomic E-state index is 0.105. The van der Waals surface area contributed by atoms with Gasteiger partial charge in [0.25, 0.3) is 0 Å². The highest BCUT2D eigenvalue weighted by Gasteiger charge is 2.07. The average Bonchev–Trinajstić information content (AvgIpc) is 1.94. The first-order valence-corrected chi connectivity index (χ1v) is 4.76. The third-order valence-electron chi connectivity index (χ3n) is 1.54. The topological polar surface area (TPSA) is 50.1 Å². The van der Waals surface area contributed by atoms with Crippen molar-refractivity contribution in [1.29, 1.82) is 0 Å². The molecule has 0 radical (unpaired) electrons. The third-order valence-corrected chi connectivity index (χ3v) is 1.54. The molecule has 0 aromatic carbocycles. The highest BCUT2D eigenvalue weighted by atomic mass is 15.1. The first kappa shape index (κ1) is 11.9. The maximum absolute atomic E-state index is 5.79. The number of rotatable bonds is 7. The van der Waals surface area contributed by atoms with Gasteiger partial charge in [-0.25, -0.2) is 0 Å².